The first-order chi connectivity index (χ1) is 5.26. The topological polar surface area (TPSA) is 50.1 Å². The number of carbonyl (C=O) groups is 1. The van der Waals surface area contributed by atoms with E-state index >= 15 is 0 Å². The molecule has 3 nitrogen and oxygen atoms in total. The largest absolute Gasteiger partial charge is 0.465 e. The highest BCUT2D eigenvalue weighted by Crippen LogP contribution is 2.13. The number of rotatable bonds is 4. The van der Waals surface area contributed by atoms with E-state index in [1.807, 2.05) is 12.3 Å². The van der Waals surface area contributed by atoms with Gasteiger partial charge in [-0.05, 0) is 25.1 Å². The molecule has 11 heavy (non-hydrogen) atoms. The molecule has 0 N–H and O–H groups in total. The number of esters is 1. The van der Waals surface area contributed by atoms with E-state index in [1.54, 1.807) is 6.92 Å². The van der Waals surface area contributed by atoms with E-state index in [0.29, 0.717) is 13.0 Å². The first-order valence-electron chi connectivity index (χ1n) is 3.47. The Morgan fingerprint density at radius 3 is 2.73 bits per heavy atom. The maximum Gasteiger partial charge on any atom is 0.320 e. The van der Waals surface area contributed by atoms with E-state index < -0.39 is 0 Å². The van der Waals surface area contributed by atoms with Crippen molar-refractivity contribution in [2.75, 3.05) is 6.61 Å². The van der Waals surface area contributed by atoms with E-state index in [-0.39, 0.29) is 11.2 Å². The molecule has 0 saturated carbocycles. The summed E-state index contributed by atoms with van der Waals surface area (Å²) in [5.74, 6) is -0.290. The molecule has 0 radical (unpaired) electrons. The molecule has 62 valence electrons. The van der Waals surface area contributed by atoms with Crippen LogP contribution in [0.4, 0.5) is 0 Å². The number of hydrogen-bond acceptors (Lipinski definition) is 4. The van der Waals surface area contributed by atoms with Gasteiger partial charge in [0.15, 0.2) is 0 Å². The Kier molecular flexibility index (Phi) is 5.67. The van der Waals surface area contributed by atoms with Crippen LogP contribution in [0.25, 0.3) is 0 Å². The van der Waals surface area contributed by atoms with Crippen molar-refractivity contribution in [3.05, 3.63) is 0 Å². The van der Waals surface area contributed by atoms with Gasteiger partial charge in [0, 0.05) is 0 Å². The second-order valence-corrected chi connectivity index (χ2v) is 2.85. The molecule has 1 atom stereocenters. The highest BCUT2D eigenvalue weighted by atomic mass is 32.2. The predicted octanol–water partition coefficient (Wildman–Crippen LogP) is 1.54. The molecule has 4 heteroatoms. The van der Waals surface area contributed by atoms with Crippen LogP contribution in [-0.2, 0) is 9.53 Å². The van der Waals surface area contributed by atoms with Gasteiger partial charge in [-0.3, -0.25) is 4.79 Å². The molecule has 0 aromatic rings. The number of ether oxygens (including phenoxy) is 1. The van der Waals surface area contributed by atoms with Crippen LogP contribution in [0.15, 0.2) is 0 Å². The summed E-state index contributed by atoms with van der Waals surface area (Å²) in [4.78, 5) is 11.0. The summed E-state index contributed by atoms with van der Waals surface area (Å²) in [6.45, 7) is 3.98. The quantitative estimate of drug-likeness (QED) is 0.478. The van der Waals surface area contributed by atoms with Crippen molar-refractivity contribution < 1.29 is 9.53 Å². The predicted molar refractivity (Wildman–Crippen MR) is 43.9 cm³/mol. The SMILES string of the molecule is CCOC(=O)C(CC)SC#N. The standard InChI is InChI=1S/C7H11NO2S/c1-3-6(11-5-8)7(9)10-4-2/h6H,3-4H2,1-2H3. The summed E-state index contributed by atoms with van der Waals surface area (Å²) in [7, 11) is 0. The van der Waals surface area contributed by atoms with Crippen molar-refractivity contribution in [3.63, 3.8) is 0 Å². The van der Waals surface area contributed by atoms with Crippen molar-refractivity contribution in [1.29, 1.82) is 5.26 Å². The fourth-order valence-corrected chi connectivity index (χ4v) is 1.06. The maximum atomic E-state index is 11.0. The summed E-state index contributed by atoms with van der Waals surface area (Å²) in [5.41, 5.74) is 0. The zero-order chi connectivity index (χ0) is 8.69. The van der Waals surface area contributed by atoms with E-state index in [9.17, 15) is 4.79 Å². The molecule has 0 fully saturated rings. The van der Waals surface area contributed by atoms with E-state index in [0.717, 1.165) is 11.8 Å². The molecule has 0 aliphatic rings. The van der Waals surface area contributed by atoms with Gasteiger partial charge >= 0.3 is 5.97 Å². The van der Waals surface area contributed by atoms with Crippen LogP contribution in [0.3, 0.4) is 0 Å². The zero-order valence-corrected chi connectivity index (χ0v) is 7.48. The summed E-state index contributed by atoms with van der Waals surface area (Å²) in [6.07, 6.45) is 0.636. The van der Waals surface area contributed by atoms with Crippen LogP contribution in [0.5, 0.6) is 0 Å². The van der Waals surface area contributed by atoms with Gasteiger partial charge in [-0.25, -0.2) is 0 Å². The third kappa shape index (κ3) is 3.89. The van der Waals surface area contributed by atoms with Crippen LogP contribution in [0, 0.1) is 10.7 Å². The van der Waals surface area contributed by atoms with Gasteiger partial charge in [0.05, 0.1) is 6.61 Å². The monoisotopic (exact) mass is 173 g/mol. The molecule has 0 spiro atoms. The molecule has 0 amide bonds. The summed E-state index contributed by atoms with van der Waals surface area (Å²) < 4.78 is 4.74. The molecule has 0 aromatic carbocycles. The fraction of sp³-hybridized carbons (Fsp3) is 0.714. The lowest BCUT2D eigenvalue weighted by atomic mass is 10.3. The molecule has 0 heterocycles. The van der Waals surface area contributed by atoms with Crippen LogP contribution < -0.4 is 0 Å². The third-order valence-corrected chi connectivity index (χ3v) is 2.03. The minimum absolute atomic E-state index is 0.290. The maximum absolute atomic E-state index is 11.0. The normalized spacial score (nSPS) is 11.7. The number of nitrogens with zero attached hydrogens (tertiary/aromatic N) is 1. The Morgan fingerprint density at radius 1 is 1.73 bits per heavy atom. The van der Waals surface area contributed by atoms with Gasteiger partial charge < -0.3 is 4.74 Å². The number of thioether (sulfide) groups is 1. The second kappa shape index (κ2) is 6.05. The van der Waals surface area contributed by atoms with Gasteiger partial charge in [0.1, 0.15) is 10.7 Å². The Morgan fingerprint density at radius 2 is 2.36 bits per heavy atom. The van der Waals surface area contributed by atoms with Crippen LogP contribution in [0.2, 0.25) is 0 Å². The van der Waals surface area contributed by atoms with Gasteiger partial charge in [-0.15, -0.1) is 0 Å². The van der Waals surface area contributed by atoms with Crippen LogP contribution >= 0.6 is 11.8 Å². The lowest BCUT2D eigenvalue weighted by Crippen LogP contribution is -2.18. The average Bonchev–Trinajstić information content (AvgIpc) is 2.00. The summed E-state index contributed by atoms with van der Waals surface area (Å²) >= 11 is 0.955. The molecule has 0 aliphatic heterocycles. The number of hydrogen-bond donors (Lipinski definition) is 0. The lowest BCUT2D eigenvalue weighted by molar-refractivity contribution is -0.142. The molecule has 0 rings (SSSR count). The fourth-order valence-electron chi connectivity index (χ4n) is 0.597. The number of carbonyl (C=O) groups excluding carboxylic acids is 1. The van der Waals surface area contributed by atoms with Crippen molar-refractivity contribution in [2.24, 2.45) is 0 Å². The van der Waals surface area contributed by atoms with Crippen molar-refractivity contribution >= 4 is 17.7 Å². The Labute approximate surface area is 70.7 Å². The Hall–Kier alpha value is -0.690. The van der Waals surface area contributed by atoms with Crippen LogP contribution in [0.1, 0.15) is 20.3 Å². The molecule has 1 unspecified atom stereocenters. The van der Waals surface area contributed by atoms with Gasteiger partial charge in [0.2, 0.25) is 0 Å². The second-order valence-electron chi connectivity index (χ2n) is 1.86. The molecular formula is C7H11NO2S. The summed E-state index contributed by atoms with van der Waals surface area (Å²) in [5, 5.41) is 9.84. The van der Waals surface area contributed by atoms with E-state index in [1.165, 1.54) is 0 Å². The first-order valence-corrected chi connectivity index (χ1v) is 4.35. The molecular weight excluding hydrogens is 162 g/mol. The van der Waals surface area contributed by atoms with Crippen LogP contribution in [-0.4, -0.2) is 17.8 Å². The van der Waals surface area contributed by atoms with Crippen molar-refractivity contribution in [1.82, 2.24) is 0 Å². The number of nitriles is 1. The molecule has 0 saturated heterocycles. The summed E-state index contributed by atoms with van der Waals surface area (Å²) in [6, 6.07) is 0. The molecule has 0 aliphatic carbocycles. The smallest absolute Gasteiger partial charge is 0.320 e. The van der Waals surface area contributed by atoms with E-state index in [4.69, 9.17) is 10.00 Å². The molecule has 0 bridgehead atoms. The van der Waals surface area contributed by atoms with Gasteiger partial charge in [-0.2, -0.15) is 5.26 Å². The number of thiocyanates is 1. The minimum Gasteiger partial charge on any atom is -0.465 e. The average molecular weight is 173 g/mol. The highest BCUT2D eigenvalue weighted by Gasteiger charge is 2.17. The Bertz CT molecular complexity index is 164. The van der Waals surface area contributed by atoms with Gasteiger partial charge in [-0.1, -0.05) is 6.92 Å². The Balaban J connectivity index is 3.83. The lowest BCUT2D eigenvalue weighted by Gasteiger charge is -2.07. The van der Waals surface area contributed by atoms with Crippen molar-refractivity contribution in [3.8, 4) is 5.40 Å². The highest BCUT2D eigenvalue weighted by molar-refractivity contribution is 8.04. The third-order valence-electron chi connectivity index (χ3n) is 1.12. The molecule has 0 aromatic heterocycles. The minimum atomic E-state index is -0.319. The first kappa shape index (κ1) is 10.3. The van der Waals surface area contributed by atoms with Crippen molar-refractivity contribution in [2.45, 2.75) is 25.5 Å². The zero-order valence-electron chi connectivity index (χ0n) is 6.66. The van der Waals surface area contributed by atoms with E-state index in [2.05, 4.69) is 0 Å². The van der Waals surface area contributed by atoms with Gasteiger partial charge in [0.25, 0.3) is 0 Å².